The van der Waals surface area contributed by atoms with Crippen molar-refractivity contribution in [3.8, 4) is 17.0 Å². The van der Waals surface area contributed by atoms with Gasteiger partial charge < -0.3 is 14.0 Å². The third-order valence-corrected chi connectivity index (χ3v) is 3.81. The Morgan fingerprint density at radius 2 is 1.96 bits per heavy atom. The molecule has 6 heteroatoms. The molecule has 0 atom stereocenters. The lowest BCUT2D eigenvalue weighted by Gasteiger charge is -2.10. The molecule has 2 heterocycles. The van der Waals surface area contributed by atoms with Crippen molar-refractivity contribution in [3.63, 3.8) is 0 Å². The number of methoxy groups -OCH3 is 2. The molecule has 0 radical (unpaired) electrons. The van der Waals surface area contributed by atoms with Gasteiger partial charge in [0.2, 0.25) is 0 Å². The van der Waals surface area contributed by atoms with Gasteiger partial charge in [0, 0.05) is 5.56 Å². The highest BCUT2D eigenvalue weighted by Crippen LogP contribution is 2.34. The van der Waals surface area contributed by atoms with Crippen LogP contribution in [0.5, 0.6) is 5.75 Å². The van der Waals surface area contributed by atoms with E-state index in [9.17, 15) is 4.79 Å². The smallest absolute Gasteiger partial charge is 0.338 e. The quantitative estimate of drug-likeness (QED) is 0.679. The molecule has 0 aliphatic rings. The monoisotopic (exact) mass is 326 g/mol. The van der Waals surface area contributed by atoms with Crippen molar-refractivity contribution < 1.29 is 18.8 Å². The number of benzene rings is 1. The Kier molecular flexibility index (Phi) is 4.20. The first kappa shape index (κ1) is 16.0. The first-order valence-electron chi connectivity index (χ1n) is 7.58. The molecule has 0 saturated carbocycles. The number of ether oxygens (including phenoxy) is 2. The van der Waals surface area contributed by atoms with E-state index in [0.29, 0.717) is 33.8 Å². The molecular formula is C18H18N2O4. The Balaban J connectivity index is 2.31. The van der Waals surface area contributed by atoms with Gasteiger partial charge in [-0.3, -0.25) is 0 Å². The van der Waals surface area contributed by atoms with Crippen molar-refractivity contribution in [1.29, 1.82) is 0 Å². The predicted octanol–water partition coefficient (Wildman–Crippen LogP) is 3.81. The van der Waals surface area contributed by atoms with Crippen LogP contribution in [0.4, 0.5) is 0 Å². The summed E-state index contributed by atoms with van der Waals surface area (Å²) in [4.78, 5) is 16.8. The fourth-order valence-corrected chi connectivity index (χ4v) is 2.63. The molecule has 1 aromatic carbocycles. The first-order valence-corrected chi connectivity index (χ1v) is 7.58. The third-order valence-electron chi connectivity index (χ3n) is 3.81. The number of rotatable bonds is 4. The van der Waals surface area contributed by atoms with Gasteiger partial charge in [-0.25, -0.2) is 9.78 Å². The molecule has 0 amide bonds. The largest absolute Gasteiger partial charge is 0.496 e. The molecule has 0 N–H and O–H groups in total. The van der Waals surface area contributed by atoms with Crippen LogP contribution in [-0.2, 0) is 4.74 Å². The summed E-state index contributed by atoms with van der Waals surface area (Å²) in [7, 11) is 2.93. The maximum Gasteiger partial charge on any atom is 0.338 e. The summed E-state index contributed by atoms with van der Waals surface area (Å²) < 4.78 is 15.7. The molecule has 3 aromatic rings. The number of carbonyl (C=O) groups is 1. The van der Waals surface area contributed by atoms with Gasteiger partial charge in [0.25, 0.3) is 5.71 Å². The lowest BCUT2D eigenvalue weighted by molar-refractivity contribution is 0.0603. The standard InChI is InChI=1S/C18H18N2O4/c1-10(2)16-15-12(18(21)23-4)9-13(19-17(15)24-20-16)11-7-5-6-8-14(11)22-3/h5-10H,1-4H3. The number of pyridine rings is 1. The predicted molar refractivity (Wildman–Crippen MR) is 89.2 cm³/mol. The van der Waals surface area contributed by atoms with Crippen LogP contribution in [0.25, 0.3) is 22.4 Å². The molecule has 0 aliphatic heterocycles. The second kappa shape index (κ2) is 6.31. The van der Waals surface area contributed by atoms with Gasteiger partial charge in [0.15, 0.2) is 0 Å². The van der Waals surface area contributed by atoms with Gasteiger partial charge in [-0.2, -0.15) is 0 Å². The molecule has 24 heavy (non-hydrogen) atoms. The molecule has 2 aromatic heterocycles. The van der Waals surface area contributed by atoms with Crippen molar-refractivity contribution >= 4 is 17.1 Å². The zero-order valence-electron chi connectivity index (χ0n) is 14.0. The summed E-state index contributed by atoms with van der Waals surface area (Å²) in [6.07, 6.45) is 0. The van der Waals surface area contributed by atoms with Gasteiger partial charge in [-0.1, -0.05) is 31.1 Å². The van der Waals surface area contributed by atoms with E-state index in [1.165, 1.54) is 7.11 Å². The van der Waals surface area contributed by atoms with Gasteiger partial charge in [-0.05, 0) is 24.1 Å². The average Bonchev–Trinajstić information content (AvgIpc) is 3.04. The highest BCUT2D eigenvalue weighted by molar-refractivity contribution is 6.04. The Bertz CT molecular complexity index is 899. The average molecular weight is 326 g/mol. The summed E-state index contributed by atoms with van der Waals surface area (Å²) in [6, 6.07) is 9.14. The van der Waals surface area contributed by atoms with Gasteiger partial charge >= 0.3 is 5.97 Å². The number of esters is 1. The molecule has 0 bridgehead atoms. The molecule has 0 fully saturated rings. The summed E-state index contributed by atoms with van der Waals surface area (Å²) >= 11 is 0. The van der Waals surface area contributed by atoms with Crippen LogP contribution in [0.1, 0.15) is 35.8 Å². The highest BCUT2D eigenvalue weighted by atomic mass is 16.5. The van der Waals surface area contributed by atoms with Crippen molar-refractivity contribution in [3.05, 3.63) is 41.6 Å². The molecule has 3 rings (SSSR count). The van der Waals surface area contributed by atoms with Gasteiger partial charge in [0.1, 0.15) is 5.75 Å². The Labute approximate surface area is 139 Å². The van der Waals surface area contributed by atoms with Crippen molar-refractivity contribution in [2.24, 2.45) is 0 Å². The first-order chi connectivity index (χ1) is 11.6. The minimum Gasteiger partial charge on any atom is -0.496 e. The van der Waals surface area contributed by atoms with E-state index in [0.717, 1.165) is 5.56 Å². The Morgan fingerprint density at radius 1 is 1.21 bits per heavy atom. The van der Waals surface area contributed by atoms with Crippen LogP contribution < -0.4 is 4.74 Å². The van der Waals surface area contributed by atoms with Crippen LogP contribution >= 0.6 is 0 Å². The van der Waals surface area contributed by atoms with E-state index >= 15 is 0 Å². The summed E-state index contributed by atoms with van der Waals surface area (Å²) in [6.45, 7) is 3.96. The van der Waals surface area contributed by atoms with Crippen LogP contribution in [0.2, 0.25) is 0 Å². The van der Waals surface area contributed by atoms with E-state index in [1.807, 2.05) is 38.1 Å². The van der Waals surface area contributed by atoms with Crippen molar-refractivity contribution in [2.45, 2.75) is 19.8 Å². The molecule has 0 unspecified atom stereocenters. The second-order valence-corrected chi connectivity index (χ2v) is 5.65. The third kappa shape index (κ3) is 2.60. The fraction of sp³-hybridized carbons (Fsp3) is 0.278. The SMILES string of the molecule is COC(=O)c1cc(-c2ccccc2OC)nc2onc(C(C)C)c12. The van der Waals surface area contributed by atoms with E-state index in [-0.39, 0.29) is 5.92 Å². The number of carbonyl (C=O) groups excluding carboxylic acids is 1. The summed E-state index contributed by atoms with van der Waals surface area (Å²) in [5, 5.41) is 4.67. The number of para-hydroxylation sites is 1. The lowest BCUT2D eigenvalue weighted by Crippen LogP contribution is -2.05. The number of aromatic nitrogens is 2. The van der Waals surface area contributed by atoms with Gasteiger partial charge in [-0.15, -0.1) is 0 Å². The molecule has 0 aliphatic carbocycles. The summed E-state index contributed by atoms with van der Waals surface area (Å²) in [5.74, 6) is 0.293. The topological polar surface area (TPSA) is 74.5 Å². The molecular weight excluding hydrogens is 308 g/mol. The Morgan fingerprint density at radius 3 is 2.62 bits per heavy atom. The van der Waals surface area contributed by atoms with Crippen LogP contribution in [0, 0.1) is 0 Å². The van der Waals surface area contributed by atoms with Crippen LogP contribution in [0.3, 0.4) is 0 Å². The number of hydrogen-bond acceptors (Lipinski definition) is 6. The van der Waals surface area contributed by atoms with Gasteiger partial charge in [0.05, 0.1) is 36.6 Å². The number of fused-ring (bicyclic) bond motifs is 1. The molecule has 124 valence electrons. The Hall–Kier alpha value is -2.89. The van der Waals surface area contributed by atoms with E-state index in [2.05, 4.69) is 10.1 Å². The zero-order valence-corrected chi connectivity index (χ0v) is 14.0. The highest BCUT2D eigenvalue weighted by Gasteiger charge is 2.23. The van der Waals surface area contributed by atoms with Crippen molar-refractivity contribution in [2.75, 3.05) is 14.2 Å². The zero-order chi connectivity index (χ0) is 17.3. The lowest BCUT2D eigenvalue weighted by atomic mass is 10.0. The van der Waals surface area contributed by atoms with E-state index in [4.69, 9.17) is 14.0 Å². The van der Waals surface area contributed by atoms with E-state index in [1.54, 1.807) is 13.2 Å². The maximum absolute atomic E-state index is 12.3. The maximum atomic E-state index is 12.3. The number of nitrogens with zero attached hydrogens (tertiary/aromatic N) is 2. The fourth-order valence-electron chi connectivity index (χ4n) is 2.63. The second-order valence-electron chi connectivity index (χ2n) is 5.65. The minimum atomic E-state index is -0.455. The summed E-state index contributed by atoms with van der Waals surface area (Å²) in [5.41, 5.74) is 2.70. The molecule has 6 nitrogen and oxygen atoms in total. The van der Waals surface area contributed by atoms with Crippen LogP contribution in [-0.4, -0.2) is 30.3 Å². The molecule has 0 saturated heterocycles. The molecule has 0 spiro atoms. The van der Waals surface area contributed by atoms with Crippen LogP contribution in [0.15, 0.2) is 34.9 Å². The minimum absolute atomic E-state index is 0.0913. The number of hydrogen-bond donors (Lipinski definition) is 0. The normalized spacial score (nSPS) is 11.0. The van der Waals surface area contributed by atoms with E-state index < -0.39 is 5.97 Å². The van der Waals surface area contributed by atoms with Crippen molar-refractivity contribution in [1.82, 2.24) is 10.1 Å².